The molecule has 1 amide bonds. The second-order valence-corrected chi connectivity index (χ2v) is 5.47. The van der Waals surface area contributed by atoms with Crippen LogP contribution in [0.1, 0.15) is 43.0 Å². The molecule has 1 aromatic rings. The van der Waals surface area contributed by atoms with Crippen LogP contribution < -0.4 is 14.8 Å². The molecule has 0 spiro atoms. The maximum Gasteiger partial charge on any atom is 0.255 e. The third-order valence-electron chi connectivity index (χ3n) is 4.00. The van der Waals surface area contributed by atoms with Crippen molar-refractivity contribution in [3.8, 4) is 11.5 Å². The fraction of sp³-hybridized carbons (Fsp3) is 0.562. The van der Waals surface area contributed by atoms with Crippen LogP contribution in [-0.2, 0) is 0 Å². The Morgan fingerprint density at radius 2 is 1.85 bits per heavy atom. The second-order valence-electron chi connectivity index (χ2n) is 5.47. The van der Waals surface area contributed by atoms with Gasteiger partial charge in [-0.1, -0.05) is 13.0 Å². The number of hydrogen-bond acceptors (Lipinski definition) is 3. The molecule has 0 aliphatic heterocycles. The van der Waals surface area contributed by atoms with Gasteiger partial charge in [0.05, 0.1) is 19.8 Å². The molecule has 1 aliphatic rings. The Hall–Kier alpha value is -1.71. The molecular formula is C16H23NO3. The predicted octanol–water partition coefficient (Wildman–Crippen LogP) is 3.01. The lowest BCUT2D eigenvalue weighted by atomic mass is 9.87. The van der Waals surface area contributed by atoms with Crippen LogP contribution in [-0.4, -0.2) is 26.2 Å². The lowest BCUT2D eigenvalue weighted by Crippen LogP contribution is -2.37. The summed E-state index contributed by atoms with van der Waals surface area (Å²) in [5.41, 5.74) is 0.533. The van der Waals surface area contributed by atoms with Crippen molar-refractivity contribution in [1.29, 1.82) is 0 Å². The molecule has 0 atom stereocenters. The zero-order chi connectivity index (χ0) is 14.5. The zero-order valence-corrected chi connectivity index (χ0v) is 12.4. The number of benzene rings is 1. The van der Waals surface area contributed by atoms with E-state index >= 15 is 0 Å². The lowest BCUT2D eigenvalue weighted by molar-refractivity contribution is 0.0919. The number of rotatable bonds is 4. The van der Waals surface area contributed by atoms with Crippen molar-refractivity contribution in [2.75, 3.05) is 14.2 Å². The highest BCUT2D eigenvalue weighted by atomic mass is 16.5. The average Bonchev–Trinajstić information content (AvgIpc) is 2.48. The Morgan fingerprint density at radius 1 is 1.15 bits per heavy atom. The van der Waals surface area contributed by atoms with Crippen LogP contribution in [0.3, 0.4) is 0 Å². The molecule has 110 valence electrons. The largest absolute Gasteiger partial charge is 0.493 e. The molecule has 1 fully saturated rings. The molecule has 4 nitrogen and oxygen atoms in total. The molecule has 20 heavy (non-hydrogen) atoms. The minimum atomic E-state index is -0.0831. The van der Waals surface area contributed by atoms with Gasteiger partial charge in [-0.3, -0.25) is 4.79 Å². The van der Waals surface area contributed by atoms with E-state index in [0.29, 0.717) is 17.1 Å². The van der Waals surface area contributed by atoms with E-state index in [1.165, 1.54) is 12.8 Å². The van der Waals surface area contributed by atoms with Gasteiger partial charge < -0.3 is 14.8 Å². The smallest absolute Gasteiger partial charge is 0.255 e. The first-order valence-corrected chi connectivity index (χ1v) is 7.17. The standard InChI is InChI=1S/C16H23NO3/c1-11-7-9-12(10-8-11)17-16(18)13-5-4-6-14(19-2)15(13)20-3/h4-6,11-12H,7-10H2,1-3H3,(H,17,18). The van der Waals surface area contributed by atoms with Crippen LogP contribution in [0.25, 0.3) is 0 Å². The minimum Gasteiger partial charge on any atom is -0.493 e. The van der Waals surface area contributed by atoms with Crippen molar-refractivity contribution >= 4 is 5.91 Å². The fourth-order valence-electron chi connectivity index (χ4n) is 2.73. The molecule has 0 aromatic heterocycles. The highest BCUT2D eigenvalue weighted by Gasteiger charge is 2.22. The number of carbonyl (C=O) groups excluding carboxylic acids is 1. The average molecular weight is 277 g/mol. The van der Waals surface area contributed by atoms with Crippen molar-refractivity contribution in [2.24, 2.45) is 5.92 Å². The molecule has 4 heteroatoms. The van der Waals surface area contributed by atoms with Crippen molar-refractivity contribution in [1.82, 2.24) is 5.32 Å². The second kappa shape index (κ2) is 6.64. The minimum absolute atomic E-state index is 0.0831. The van der Waals surface area contributed by atoms with Gasteiger partial charge in [0.25, 0.3) is 5.91 Å². The van der Waals surface area contributed by atoms with E-state index in [-0.39, 0.29) is 11.9 Å². The maximum atomic E-state index is 12.4. The molecule has 0 unspecified atom stereocenters. The third kappa shape index (κ3) is 3.24. The van der Waals surface area contributed by atoms with Crippen molar-refractivity contribution in [2.45, 2.75) is 38.6 Å². The SMILES string of the molecule is COc1cccc(C(=O)NC2CCC(C)CC2)c1OC. The van der Waals surface area contributed by atoms with Gasteiger partial charge in [-0.25, -0.2) is 0 Å². The summed E-state index contributed by atoms with van der Waals surface area (Å²) in [5.74, 6) is 1.77. The Balaban J connectivity index is 2.09. The van der Waals surface area contributed by atoms with Crippen LogP contribution in [0.4, 0.5) is 0 Å². The number of ether oxygens (including phenoxy) is 2. The molecule has 0 saturated heterocycles. The topological polar surface area (TPSA) is 47.6 Å². The van der Waals surface area contributed by atoms with Gasteiger partial charge in [0.2, 0.25) is 0 Å². The first-order chi connectivity index (χ1) is 9.65. The first kappa shape index (κ1) is 14.7. The quantitative estimate of drug-likeness (QED) is 0.920. The maximum absolute atomic E-state index is 12.4. The van der Waals surface area contributed by atoms with E-state index in [0.717, 1.165) is 18.8 Å². The number of amides is 1. The number of hydrogen-bond donors (Lipinski definition) is 1. The monoisotopic (exact) mass is 277 g/mol. The summed E-state index contributed by atoms with van der Waals surface area (Å²) in [7, 11) is 3.12. The van der Waals surface area contributed by atoms with Gasteiger partial charge in [-0.15, -0.1) is 0 Å². The molecule has 1 aliphatic carbocycles. The Morgan fingerprint density at radius 3 is 2.45 bits per heavy atom. The number of nitrogens with one attached hydrogen (secondary N) is 1. The summed E-state index contributed by atoms with van der Waals surface area (Å²) in [4.78, 5) is 12.4. The van der Waals surface area contributed by atoms with Crippen LogP contribution in [0.15, 0.2) is 18.2 Å². The molecular weight excluding hydrogens is 254 g/mol. The van der Waals surface area contributed by atoms with E-state index in [2.05, 4.69) is 12.2 Å². The molecule has 1 N–H and O–H groups in total. The summed E-state index contributed by atoms with van der Waals surface area (Å²) in [6.45, 7) is 2.27. The van der Waals surface area contributed by atoms with E-state index in [1.807, 2.05) is 0 Å². The lowest BCUT2D eigenvalue weighted by Gasteiger charge is -2.27. The van der Waals surface area contributed by atoms with Crippen LogP contribution in [0.5, 0.6) is 11.5 Å². The molecule has 0 bridgehead atoms. The Labute approximate surface area is 120 Å². The fourth-order valence-corrected chi connectivity index (χ4v) is 2.73. The normalized spacial score (nSPS) is 22.1. The van der Waals surface area contributed by atoms with Crippen LogP contribution in [0, 0.1) is 5.92 Å². The van der Waals surface area contributed by atoms with Gasteiger partial charge in [0.15, 0.2) is 11.5 Å². The summed E-state index contributed by atoms with van der Waals surface area (Å²) in [5, 5.41) is 3.11. The Kier molecular flexibility index (Phi) is 4.88. The zero-order valence-electron chi connectivity index (χ0n) is 12.4. The van der Waals surface area contributed by atoms with Gasteiger partial charge in [0, 0.05) is 6.04 Å². The van der Waals surface area contributed by atoms with Crippen molar-refractivity contribution in [3.63, 3.8) is 0 Å². The van der Waals surface area contributed by atoms with Gasteiger partial charge in [-0.05, 0) is 43.7 Å². The summed E-state index contributed by atoms with van der Waals surface area (Å²) in [6.07, 6.45) is 4.47. The summed E-state index contributed by atoms with van der Waals surface area (Å²) >= 11 is 0. The van der Waals surface area contributed by atoms with Gasteiger partial charge in [-0.2, -0.15) is 0 Å². The van der Waals surface area contributed by atoms with E-state index in [4.69, 9.17) is 9.47 Å². The Bertz CT molecular complexity index is 465. The highest BCUT2D eigenvalue weighted by molar-refractivity contribution is 5.98. The van der Waals surface area contributed by atoms with E-state index in [1.54, 1.807) is 32.4 Å². The van der Waals surface area contributed by atoms with E-state index in [9.17, 15) is 4.79 Å². The predicted molar refractivity (Wildman–Crippen MR) is 78.4 cm³/mol. The van der Waals surface area contributed by atoms with Gasteiger partial charge in [0.1, 0.15) is 0 Å². The first-order valence-electron chi connectivity index (χ1n) is 7.17. The molecule has 1 aromatic carbocycles. The molecule has 0 heterocycles. The summed E-state index contributed by atoms with van der Waals surface area (Å²) < 4.78 is 10.5. The molecule has 1 saturated carbocycles. The van der Waals surface area contributed by atoms with Crippen molar-refractivity contribution in [3.05, 3.63) is 23.8 Å². The molecule has 2 rings (SSSR count). The number of para-hydroxylation sites is 1. The highest BCUT2D eigenvalue weighted by Crippen LogP contribution is 2.31. The molecule has 0 radical (unpaired) electrons. The van der Waals surface area contributed by atoms with Crippen LogP contribution >= 0.6 is 0 Å². The van der Waals surface area contributed by atoms with E-state index < -0.39 is 0 Å². The van der Waals surface area contributed by atoms with Crippen LogP contribution in [0.2, 0.25) is 0 Å². The number of carbonyl (C=O) groups is 1. The van der Waals surface area contributed by atoms with Crippen molar-refractivity contribution < 1.29 is 14.3 Å². The van der Waals surface area contributed by atoms with Gasteiger partial charge >= 0.3 is 0 Å². The third-order valence-corrected chi connectivity index (χ3v) is 4.00. The summed E-state index contributed by atoms with van der Waals surface area (Å²) in [6, 6.07) is 5.63. The number of methoxy groups -OCH3 is 2.